The quantitative estimate of drug-likeness (QED) is 0.837. The number of benzene rings is 1. The second-order valence-electron chi connectivity index (χ2n) is 6.78. The Hall–Kier alpha value is -0.880. The van der Waals surface area contributed by atoms with Gasteiger partial charge in [-0.05, 0) is 50.2 Å². The number of halogens is 3. The maximum atomic E-state index is 13.8. The van der Waals surface area contributed by atoms with E-state index in [1.54, 1.807) is 24.3 Å². The summed E-state index contributed by atoms with van der Waals surface area (Å²) >= 11 is -2.08. The lowest BCUT2D eigenvalue weighted by Gasteiger charge is -2.37. The van der Waals surface area contributed by atoms with E-state index in [0.29, 0.717) is 17.7 Å². The van der Waals surface area contributed by atoms with Crippen molar-refractivity contribution in [3.05, 3.63) is 29.8 Å². The zero-order chi connectivity index (χ0) is 15.7. The van der Waals surface area contributed by atoms with Gasteiger partial charge in [-0.25, -0.2) is 4.21 Å². The van der Waals surface area contributed by atoms with Crippen LogP contribution >= 0.6 is 0 Å². The van der Waals surface area contributed by atoms with Crippen LogP contribution in [0.5, 0.6) is 0 Å². The zero-order valence-electron chi connectivity index (χ0n) is 12.1. The van der Waals surface area contributed by atoms with Crippen molar-refractivity contribution in [2.45, 2.75) is 42.9 Å². The monoisotopic (exact) mass is 330 g/mol. The molecular formula is C16H17F3O2S. The first-order valence-electron chi connectivity index (χ1n) is 7.59. The Morgan fingerprint density at radius 1 is 1.14 bits per heavy atom. The van der Waals surface area contributed by atoms with Crippen LogP contribution in [-0.2, 0) is 15.3 Å². The lowest BCUT2D eigenvalue weighted by Crippen LogP contribution is -2.53. The van der Waals surface area contributed by atoms with Gasteiger partial charge < -0.3 is 0 Å². The molecule has 0 aliphatic heterocycles. The van der Waals surface area contributed by atoms with Crippen molar-refractivity contribution in [1.82, 2.24) is 0 Å². The molecule has 3 fully saturated rings. The summed E-state index contributed by atoms with van der Waals surface area (Å²) in [5, 5.41) is 0. The number of rotatable bonds is 3. The lowest BCUT2D eigenvalue weighted by atomic mass is 9.86. The Morgan fingerprint density at radius 2 is 1.68 bits per heavy atom. The fraction of sp³-hybridized carbons (Fsp3) is 0.625. The van der Waals surface area contributed by atoms with Crippen molar-refractivity contribution in [1.29, 1.82) is 0 Å². The summed E-state index contributed by atoms with van der Waals surface area (Å²) < 4.78 is 59.2. The van der Waals surface area contributed by atoms with Gasteiger partial charge in [-0.2, -0.15) is 13.2 Å². The second kappa shape index (κ2) is 4.57. The predicted octanol–water partition coefficient (Wildman–Crippen LogP) is 4.01. The minimum atomic E-state index is -4.47. The number of hydrogen-bond donors (Lipinski definition) is 0. The summed E-state index contributed by atoms with van der Waals surface area (Å²) in [5.74, 6) is -0.792. The molecule has 1 aromatic carbocycles. The van der Waals surface area contributed by atoms with E-state index in [2.05, 4.69) is 0 Å². The molecule has 6 atom stereocenters. The van der Waals surface area contributed by atoms with Crippen LogP contribution < -0.4 is 0 Å². The maximum absolute atomic E-state index is 13.8. The number of fused-ring (bicyclic) bond motifs is 5. The zero-order valence-corrected chi connectivity index (χ0v) is 12.9. The first-order valence-corrected chi connectivity index (χ1v) is 8.67. The van der Waals surface area contributed by atoms with E-state index in [4.69, 9.17) is 4.18 Å². The third kappa shape index (κ3) is 1.86. The molecule has 2 unspecified atom stereocenters. The van der Waals surface area contributed by atoms with E-state index in [1.165, 1.54) is 0 Å². The molecule has 0 aromatic heterocycles. The van der Waals surface area contributed by atoms with Crippen molar-refractivity contribution in [2.24, 2.45) is 23.7 Å². The van der Waals surface area contributed by atoms with E-state index in [0.717, 1.165) is 12.0 Å². The van der Waals surface area contributed by atoms with Gasteiger partial charge >= 0.3 is 6.18 Å². The van der Waals surface area contributed by atoms with E-state index in [1.807, 2.05) is 6.92 Å². The summed E-state index contributed by atoms with van der Waals surface area (Å²) in [6.07, 6.45) is -2.51. The molecule has 120 valence electrons. The van der Waals surface area contributed by atoms with Gasteiger partial charge in [-0.1, -0.05) is 17.7 Å². The third-order valence-electron chi connectivity index (χ3n) is 5.69. The van der Waals surface area contributed by atoms with Crippen molar-refractivity contribution in [2.75, 3.05) is 0 Å². The summed E-state index contributed by atoms with van der Waals surface area (Å²) in [6, 6.07) is 6.62. The molecule has 1 aromatic rings. The fourth-order valence-corrected chi connectivity index (χ4v) is 5.75. The number of alkyl halides is 3. The Morgan fingerprint density at radius 3 is 2.18 bits per heavy atom. The van der Waals surface area contributed by atoms with Crippen molar-refractivity contribution >= 4 is 11.1 Å². The molecule has 3 saturated carbocycles. The highest BCUT2D eigenvalue weighted by atomic mass is 32.2. The molecule has 2 bridgehead atoms. The number of aryl methyl sites for hydroxylation is 1. The highest BCUT2D eigenvalue weighted by Gasteiger charge is 2.80. The highest BCUT2D eigenvalue weighted by molar-refractivity contribution is 7.80. The average molecular weight is 330 g/mol. The average Bonchev–Trinajstić information content (AvgIpc) is 3.11. The molecule has 0 N–H and O–H groups in total. The molecule has 2 nitrogen and oxygen atoms in total. The summed E-state index contributed by atoms with van der Waals surface area (Å²) in [4.78, 5) is 0.300. The molecular weight excluding hydrogens is 313 g/mol. The normalized spacial score (nSPS) is 40.5. The van der Waals surface area contributed by atoms with Crippen LogP contribution in [0, 0.1) is 30.6 Å². The van der Waals surface area contributed by atoms with Gasteiger partial charge in [-0.3, -0.25) is 4.18 Å². The van der Waals surface area contributed by atoms with Gasteiger partial charge in [0, 0.05) is 11.8 Å². The topological polar surface area (TPSA) is 26.3 Å². The minimum Gasteiger partial charge on any atom is -0.270 e. The predicted molar refractivity (Wildman–Crippen MR) is 75.3 cm³/mol. The van der Waals surface area contributed by atoms with Crippen LogP contribution in [0.2, 0.25) is 0 Å². The Kier molecular flexibility index (Phi) is 3.05. The smallest absolute Gasteiger partial charge is 0.270 e. The van der Waals surface area contributed by atoms with Crippen LogP contribution in [0.15, 0.2) is 29.2 Å². The van der Waals surface area contributed by atoms with Gasteiger partial charge in [0.1, 0.15) is 0 Å². The molecule has 4 rings (SSSR count). The highest BCUT2D eigenvalue weighted by Crippen LogP contribution is 2.74. The SMILES string of the molecule is Cc1ccc(S(=O)OC2(C(F)(F)F)[C@@H]3CC[C@H]2[C@H]2C[C@H]23)cc1. The molecule has 6 heteroatoms. The molecule has 3 aliphatic rings. The summed E-state index contributed by atoms with van der Waals surface area (Å²) in [6.45, 7) is 1.87. The van der Waals surface area contributed by atoms with E-state index in [9.17, 15) is 17.4 Å². The molecule has 0 radical (unpaired) electrons. The second-order valence-corrected chi connectivity index (χ2v) is 7.88. The summed E-state index contributed by atoms with van der Waals surface area (Å²) in [5.41, 5.74) is -1.23. The van der Waals surface area contributed by atoms with Crippen molar-refractivity contribution in [3.8, 4) is 0 Å². The van der Waals surface area contributed by atoms with Crippen LogP contribution in [0.3, 0.4) is 0 Å². The van der Waals surface area contributed by atoms with Gasteiger partial charge in [-0.15, -0.1) is 0 Å². The Labute approximate surface area is 129 Å². The van der Waals surface area contributed by atoms with E-state index < -0.39 is 34.7 Å². The Bertz CT molecular complexity index is 609. The van der Waals surface area contributed by atoms with E-state index in [-0.39, 0.29) is 11.8 Å². The molecule has 3 aliphatic carbocycles. The van der Waals surface area contributed by atoms with Crippen molar-refractivity contribution < 1.29 is 21.6 Å². The first kappa shape index (κ1) is 14.7. The molecule has 0 saturated heterocycles. The van der Waals surface area contributed by atoms with Gasteiger partial charge in [0.15, 0.2) is 16.7 Å². The van der Waals surface area contributed by atoms with E-state index >= 15 is 0 Å². The first-order chi connectivity index (χ1) is 10.3. The van der Waals surface area contributed by atoms with Crippen LogP contribution in [0.25, 0.3) is 0 Å². The largest absolute Gasteiger partial charge is 0.419 e. The Balaban J connectivity index is 1.66. The molecule has 0 spiro atoms. The standard InChI is InChI=1S/C16H17F3O2S/c1-9-2-4-10(5-3-9)22(20)21-15(16(17,18)19)13-6-7-14(15)12-8-11(12)13/h2-5,11-14H,6-8H2,1H3/t11-,12+,13-,14+,15?,22?. The van der Waals surface area contributed by atoms with Gasteiger partial charge in [0.25, 0.3) is 0 Å². The minimum absolute atomic E-state index is 0.121. The van der Waals surface area contributed by atoms with Gasteiger partial charge in [0.05, 0.1) is 4.90 Å². The van der Waals surface area contributed by atoms with Gasteiger partial charge in [0.2, 0.25) is 0 Å². The fourth-order valence-electron chi connectivity index (χ4n) is 4.70. The third-order valence-corrected chi connectivity index (χ3v) is 6.77. The maximum Gasteiger partial charge on any atom is 0.419 e. The van der Waals surface area contributed by atoms with Crippen LogP contribution in [0.4, 0.5) is 13.2 Å². The number of hydrogen-bond acceptors (Lipinski definition) is 2. The summed E-state index contributed by atoms with van der Waals surface area (Å²) in [7, 11) is 0. The molecule has 22 heavy (non-hydrogen) atoms. The molecule has 0 amide bonds. The lowest BCUT2D eigenvalue weighted by molar-refractivity contribution is -0.267. The van der Waals surface area contributed by atoms with Crippen LogP contribution in [-0.4, -0.2) is 16.0 Å². The van der Waals surface area contributed by atoms with Crippen LogP contribution in [0.1, 0.15) is 24.8 Å². The molecule has 0 heterocycles. The van der Waals surface area contributed by atoms with Crippen molar-refractivity contribution in [3.63, 3.8) is 0 Å².